The van der Waals surface area contributed by atoms with Crippen LogP contribution in [0.4, 0.5) is 22.7 Å². The number of phenolic OH excluding ortho intramolecular Hbond substituents is 2. The van der Waals surface area contributed by atoms with E-state index in [2.05, 4.69) is 24.5 Å². The number of carboxylic acids is 5. The summed E-state index contributed by atoms with van der Waals surface area (Å²) in [4.78, 5) is 126. The molecule has 0 radical (unpaired) electrons. The fourth-order valence-corrected chi connectivity index (χ4v) is 20.7. The number of nitrogens with zero attached hydrogens (tertiary/aromatic N) is 5. The number of anilines is 4. The Labute approximate surface area is 828 Å². The van der Waals surface area contributed by atoms with Gasteiger partial charge in [0, 0.05) is 80.9 Å². The van der Waals surface area contributed by atoms with Crippen LogP contribution in [0.3, 0.4) is 0 Å². The number of ether oxygens (including phenoxy) is 5. The molecule has 37 heteroatoms. The number of carboxylic acid groups (broad SMARTS) is 5. The first-order chi connectivity index (χ1) is 66.6. The van der Waals surface area contributed by atoms with E-state index in [1.54, 1.807) is 183 Å². The second-order valence-corrected chi connectivity index (χ2v) is 38.0. The van der Waals surface area contributed by atoms with E-state index in [9.17, 15) is 83.7 Å². The third-order valence-electron chi connectivity index (χ3n) is 22.8. The Hall–Kier alpha value is -14.0. The van der Waals surface area contributed by atoms with E-state index in [0.29, 0.717) is 169 Å². The number of benzene rings is 12. The van der Waals surface area contributed by atoms with Gasteiger partial charge in [0.05, 0.1) is 143 Å². The third-order valence-corrected chi connectivity index (χ3v) is 27.4. The molecule has 0 saturated heterocycles. The first kappa shape index (κ1) is 101. The average Bonchev–Trinajstić information content (AvgIpc) is 0.762. The summed E-state index contributed by atoms with van der Waals surface area (Å²) in [6.07, 6.45) is 8.07. The van der Waals surface area contributed by atoms with Crippen molar-refractivity contribution in [1.82, 2.24) is 22.8 Å². The van der Waals surface area contributed by atoms with E-state index in [0.717, 1.165) is 20.4 Å². The van der Waals surface area contributed by atoms with Crippen LogP contribution in [0.1, 0.15) is 46.0 Å². The summed E-state index contributed by atoms with van der Waals surface area (Å²) in [7, 11) is 7.20. The number of nitrogens with one attached hydrogen (secondary N) is 2. The highest BCUT2D eigenvalue weighted by atomic mass is 35.5. The number of rotatable bonds is 24. The summed E-state index contributed by atoms with van der Waals surface area (Å²) in [5.74, 6) is -3.53. The van der Waals surface area contributed by atoms with Gasteiger partial charge in [-0.1, -0.05) is 97.2 Å². The van der Waals surface area contributed by atoms with Gasteiger partial charge in [-0.3, -0.25) is 47.9 Å². The molecule has 716 valence electrons. The molecule has 5 aromatic heterocycles. The summed E-state index contributed by atoms with van der Waals surface area (Å²) in [5.41, 5.74) is 6.01. The van der Waals surface area contributed by atoms with Gasteiger partial charge in [-0.25, -0.2) is 0 Å². The Morgan fingerprint density at radius 1 is 0.338 bits per heavy atom. The SMILES string of the molecule is COc1c(Cl)ccc2c(=O)c3ccc(Nc4ccc(O)cc4)cc3n(CC(=O)O)c12.COc1c(Cl)ccc2c(=O)c3ccc(Nc4cccc(O)c4)cc3n(CC(=O)O)c12.COc1c(Cl)ccc2c(=O)c3ccc(SC(C)C)cc3n(CC(=O)O)c12.COc1c(Cl)ccc2c(=O)c3ccc(SC)cc3n(CC(=O)O)c12.COc1c(Cl)ccc2c(=O)c3ccc(SC4CCCCC4)cc3n(CC(=O)O)c12. The molecular weight excluding hydrogens is 1950 g/mol. The summed E-state index contributed by atoms with van der Waals surface area (Å²) >= 11 is 36.2. The smallest absolute Gasteiger partial charge is 0.323 e. The number of pyridine rings is 5. The van der Waals surface area contributed by atoms with E-state index < -0.39 is 29.8 Å². The number of hydrogen-bond acceptors (Lipinski definition) is 22. The molecule has 0 atom stereocenters. The molecule has 0 spiro atoms. The number of carbonyl (C=O) groups is 5. The Morgan fingerprint density at radius 2 is 0.612 bits per heavy atom. The lowest BCUT2D eigenvalue weighted by Gasteiger charge is -2.21. The van der Waals surface area contributed by atoms with Crippen LogP contribution >= 0.6 is 93.3 Å². The fourth-order valence-electron chi connectivity index (χ4n) is 17.0. The van der Waals surface area contributed by atoms with Crippen molar-refractivity contribution >= 4 is 255 Å². The van der Waals surface area contributed by atoms with Crippen molar-refractivity contribution in [2.75, 3.05) is 52.4 Å². The van der Waals surface area contributed by atoms with Gasteiger partial charge in [-0.2, -0.15) is 0 Å². The predicted octanol–water partition coefficient (Wildman–Crippen LogP) is 22.1. The highest BCUT2D eigenvalue weighted by molar-refractivity contribution is 8.00. The van der Waals surface area contributed by atoms with Crippen molar-refractivity contribution in [3.63, 3.8) is 0 Å². The number of fused-ring (bicyclic) bond motifs is 10. The number of methoxy groups -OCH3 is 5. The maximum Gasteiger partial charge on any atom is 0.323 e. The molecule has 29 nitrogen and oxygen atoms in total. The first-order valence-electron chi connectivity index (χ1n) is 42.8. The topological polar surface area (TPSA) is 407 Å². The number of aromatic hydroxyl groups is 2. The maximum absolute atomic E-state index is 13.1. The van der Waals surface area contributed by atoms with Crippen LogP contribution in [-0.2, 0) is 56.7 Å². The van der Waals surface area contributed by atoms with E-state index in [4.69, 9.17) is 81.7 Å². The molecule has 1 saturated carbocycles. The van der Waals surface area contributed by atoms with Gasteiger partial charge in [-0.05, 0) is 207 Å². The Kier molecular flexibility index (Phi) is 31.8. The molecule has 18 rings (SSSR count). The summed E-state index contributed by atoms with van der Waals surface area (Å²) in [5, 5.41) is 79.2. The van der Waals surface area contributed by atoms with E-state index in [-0.39, 0.29) is 92.9 Å². The second-order valence-electron chi connectivity index (χ2n) is 32.0. The summed E-state index contributed by atoms with van der Waals surface area (Å²) in [6.45, 7) is 2.47. The van der Waals surface area contributed by atoms with E-state index >= 15 is 0 Å². The Bertz CT molecular complexity index is 8150. The Balaban J connectivity index is 0.000000139. The molecule has 9 N–H and O–H groups in total. The minimum atomic E-state index is -1.07. The van der Waals surface area contributed by atoms with Gasteiger partial charge in [0.15, 0.2) is 55.9 Å². The van der Waals surface area contributed by atoms with Gasteiger partial charge in [0.1, 0.15) is 44.2 Å². The molecule has 0 bridgehead atoms. The van der Waals surface area contributed by atoms with E-state index in [1.807, 2.05) is 60.5 Å². The zero-order valence-electron chi connectivity index (χ0n) is 75.4. The van der Waals surface area contributed by atoms with Crippen molar-refractivity contribution in [3.05, 3.63) is 276 Å². The highest BCUT2D eigenvalue weighted by Gasteiger charge is 2.27. The fraction of sp³-hybridized carbons (Fsp3) is 0.196. The zero-order chi connectivity index (χ0) is 99.8. The lowest BCUT2D eigenvalue weighted by Crippen LogP contribution is -2.17. The minimum absolute atomic E-state index is 0.106. The van der Waals surface area contributed by atoms with Gasteiger partial charge >= 0.3 is 29.8 Å². The number of hydrogen-bond donors (Lipinski definition) is 9. The van der Waals surface area contributed by atoms with E-state index in [1.165, 1.54) is 88.5 Å². The van der Waals surface area contributed by atoms with Crippen LogP contribution in [0.15, 0.2) is 239 Å². The quantitative estimate of drug-likeness (QED) is 0.0154. The Morgan fingerprint density at radius 3 is 0.921 bits per heavy atom. The second kappa shape index (κ2) is 43.8. The van der Waals surface area contributed by atoms with Crippen molar-refractivity contribution in [3.8, 4) is 40.2 Å². The van der Waals surface area contributed by atoms with Crippen molar-refractivity contribution in [1.29, 1.82) is 0 Å². The predicted molar refractivity (Wildman–Crippen MR) is 553 cm³/mol. The van der Waals surface area contributed by atoms with Crippen LogP contribution < -0.4 is 61.5 Å². The van der Waals surface area contributed by atoms with Gasteiger partial charge < -0.3 is 92.9 Å². The number of thioether (sulfide) groups is 3. The van der Waals surface area contributed by atoms with Crippen LogP contribution in [-0.4, -0.2) is 141 Å². The molecule has 0 unspecified atom stereocenters. The van der Waals surface area contributed by atoms with Crippen LogP contribution in [0.25, 0.3) is 109 Å². The van der Waals surface area contributed by atoms with Gasteiger partial charge in [-0.15, -0.1) is 35.3 Å². The first-order valence-corrected chi connectivity index (χ1v) is 47.7. The van der Waals surface area contributed by atoms with Crippen LogP contribution in [0.2, 0.25) is 25.1 Å². The minimum Gasteiger partial charge on any atom is -0.508 e. The zero-order valence-corrected chi connectivity index (χ0v) is 81.6. The largest absolute Gasteiger partial charge is 0.508 e. The third kappa shape index (κ3) is 21.7. The average molecular weight is 2040 g/mol. The molecule has 139 heavy (non-hydrogen) atoms. The van der Waals surface area contributed by atoms with Crippen molar-refractivity contribution < 1.29 is 83.4 Å². The number of aliphatic carboxylic acids is 5. The molecule has 5 heterocycles. The lowest BCUT2D eigenvalue weighted by molar-refractivity contribution is -0.138. The number of halogens is 5. The van der Waals surface area contributed by atoms with Crippen molar-refractivity contribution in [2.45, 2.75) is 104 Å². The van der Waals surface area contributed by atoms with Crippen molar-refractivity contribution in [2.24, 2.45) is 0 Å². The normalized spacial score (nSPS) is 12.0. The van der Waals surface area contributed by atoms with Gasteiger partial charge in [0.25, 0.3) is 0 Å². The molecule has 1 aliphatic carbocycles. The monoisotopic (exact) mass is 2030 g/mol. The molecular formula is C102H88Cl5N7O22S3. The maximum atomic E-state index is 13.1. The molecule has 12 aromatic carbocycles. The van der Waals surface area contributed by atoms with Gasteiger partial charge in [0.2, 0.25) is 0 Å². The summed E-state index contributed by atoms with van der Waals surface area (Å²) < 4.78 is 34.8. The lowest BCUT2D eigenvalue weighted by atomic mass is 10.0. The standard InChI is InChI=1S/2C22H17ClN2O5.C22H22ClNO4S.C19H18ClNO4S.C17H14ClNO4S/c1-30-22-17(23)9-8-16-20(22)25(11-19(27)28)18-10-13(4-7-15(18)21(16)29)24-12-2-5-14(26)6-3-12;1-30-22-17(23)8-7-16-20(22)25(11-19(27)28)18-10-13(5-6-15(18)21(16)29)24-12-3-2-4-14(26)9-12;1-28-22-17(23)10-9-16-20(22)24(12-19(25)26)18-11-14(7-8-15(18)21(16)27)29-13-5-3-2-4-6-13;1-10(2)26-11-4-5-12-15(8-11)21(9-16(22)23)17-13(18(12)24)6-7-14(20)19(17)25-3;1-23-17-12(18)6-5-11-15(17)19(8-14(20)21)13-7-9(24-2)3-4-10(13)16(11)22/h2*2-10,24,26H,11H2,1H3,(H,27,28);7-11,13H,2-6,12H2,1H3,(H,25,26);4-8,10H,9H2,1-3H3,(H,22,23);3-7H,8H2,1-2H3,(H,20,21). The molecule has 0 amide bonds. The highest BCUT2D eigenvalue weighted by Crippen LogP contribution is 2.43. The molecule has 0 aliphatic heterocycles. The van der Waals surface area contributed by atoms with Crippen LogP contribution in [0, 0.1) is 0 Å². The summed E-state index contributed by atoms with van der Waals surface area (Å²) in [6, 6.07) is 55.6. The molecule has 1 aliphatic rings. The molecule has 17 aromatic rings. The molecule has 1 fully saturated rings. The number of aromatic nitrogens is 5. The van der Waals surface area contributed by atoms with Crippen LogP contribution in [0.5, 0.6) is 40.2 Å². The number of phenols is 2.